The summed E-state index contributed by atoms with van der Waals surface area (Å²) in [7, 11) is 1.76. The van der Waals surface area contributed by atoms with Crippen molar-refractivity contribution in [3.63, 3.8) is 0 Å². The first kappa shape index (κ1) is 15.3. The van der Waals surface area contributed by atoms with Gasteiger partial charge in [0.05, 0.1) is 12.0 Å². The van der Waals surface area contributed by atoms with Crippen LogP contribution >= 0.6 is 0 Å². The third-order valence-electron chi connectivity index (χ3n) is 5.18. The summed E-state index contributed by atoms with van der Waals surface area (Å²) in [5.41, 5.74) is 1.02. The molecule has 0 unspecified atom stereocenters. The molecule has 0 spiro atoms. The van der Waals surface area contributed by atoms with Gasteiger partial charge in [0.15, 0.2) is 11.5 Å². The Morgan fingerprint density at radius 1 is 1.25 bits per heavy atom. The van der Waals surface area contributed by atoms with E-state index in [1.807, 2.05) is 23.1 Å². The van der Waals surface area contributed by atoms with Crippen molar-refractivity contribution < 1.29 is 19.1 Å². The molecule has 0 N–H and O–H groups in total. The highest BCUT2D eigenvalue weighted by molar-refractivity contribution is 5.89. The van der Waals surface area contributed by atoms with Gasteiger partial charge in [-0.25, -0.2) is 0 Å². The summed E-state index contributed by atoms with van der Waals surface area (Å²) in [5.74, 6) is 1.45. The van der Waals surface area contributed by atoms with Crippen LogP contribution in [0.1, 0.15) is 30.9 Å². The molecular weight excluding hydrogens is 308 g/mol. The number of para-hydroxylation sites is 1. The number of carbonyl (C=O) groups is 2. The number of likely N-dealkylation sites (tertiary alicyclic amines) is 2. The number of rotatable bonds is 2. The normalized spacial score (nSPS) is 26.1. The standard InChI is InChI=1S/C18H22N2O4/c1-19-11-12(10-16(19)21)18(22)20-7-3-5-14(20)13-4-2-6-15-17(13)24-9-8-23-15/h2,4,6,12,14H,3,5,7-11H2,1H3/t12-,14-/m1/s1. The van der Waals surface area contributed by atoms with Crippen LogP contribution in [0, 0.1) is 5.92 Å². The minimum Gasteiger partial charge on any atom is -0.486 e. The van der Waals surface area contributed by atoms with Gasteiger partial charge in [0.2, 0.25) is 11.8 Å². The lowest BCUT2D eigenvalue weighted by Crippen LogP contribution is -2.37. The summed E-state index contributed by atoms with van der Waals surface area (Å²) >= 11 is 0. The lowest BCUT2D eigenvalue weighted by molar-refractivity contribution is -0.136. The fraction of sp³-hybridized carbons (Fsp3) is 0.556. The Labute approximate surface area is 141 Å². The molecule has 2 atom stereocenters. The minimum atomic E-state index is -0.222. The number of hydrogen-bond donors (Lipinski definition) is 0. The van der Waals surface area contributed by atoms with Gasteiger partial charge < -0.3 is 19.3 Å². The van der Waals surface area contributed by atoms with Gasteiger partial charge in [-0.3, -0.25) is 9.59 Å². The zero-order valence-corrected chi connectivity index (χ0v) is 13.9. The average Bonchev–Trinajstić information content (AvgIpc) is 3.21. The number of benzene rings is 1. The molecular formula is C18H22N2O4. The first-order valence-corrected chi connectivity index (χ1v) is 8.58. The fourth-order valence-corrected chi connectivity index (χ4v) is 3.98. The van der Waals surface area contributed by atoms with Crippen LogP contribution in [0.15, 0.2) is 18.2 Å². The highest BCUT2D eigenvalue weighted by atomic mass is 16.6. The van der Waals surface area contributed by atoms with Crippen LogP contribution in [-0.4, -0.2) is 55.0 Å². The number of nitrogens with zero attached hydrogens (tertiary/aromatic N) is 2. The number of hydrogen-bond acceptors (Lipinski definition) is 4. The predicted molar refractivity (Wildman–Crippen MR) is 86.9 cm³/mol. The molecule has 3 aliphatic rings. The van der Waals surface area contributed by atoms with E-state index >= 15 is 0 Å². The maximum Gasteiger partial charge on any atom is 0.228 e. The molecule has 3 heterocycles. The fourth-order valence-electron chi connectivity index (χ4n) is 3.98. The van der Waals surface area contributed by atoms with Crippen molar-refractivity contribution in [3.05, 3.63) is 23.8 Å². The van der Waals surface area contributed by atoms with Crippen LogP contribution < -0.4 is 9.47 Å². The van der Waals surface area contributed by atoms with Gasteiger partial charge in [0.1, 0.15) is 13.2 Å². The van der Waals surface area contributed by atoms with E-state index in [9.17, 15) is 9.59 Å². The Morgan fingerprint density at radius 2 is 2.08 bits per heavy atom. The van der Waals surface area contributed by atoms with Gasteiger partial charge in [-0.1, -0.05) is 12.1 Å². The molecule has 2 fully saturated rings. The number of amides is 2. The monoisotopic (exact) mass is 330 g/mol. The minimum absolute atomic E-state index is 0.00941. The van der Waals surface area contributed by atoms with Gasteiger partial charge in [-0.15, -0.1) is 0 Å². The Balaban J connectivity index is 1.60. The summed E-state index contributed by atoms with van der Waals surface area (Å²) in [4.78, 5) is 28.3. The molecule has 0 aromatic heterocycles. The lowest BCUT2D eigenvalue weighted by Gasteiger charge is -2.30. The second kappa shape index (κ2) is 6.00. The van der Waals surface area contributed by atoms with E-state index < -0.39 is 0 Å². The molecule has 6 nitrogen and oxygen atoms in total. The van der Waals surface area contributed by atoms with E-state index in [1.165, 1.54) is 0 Å². The molecule has 0 aliphatic carbocycles. The molecule has 0 saturated carbocycles. The quantitative estimate of drug-likeness (QED) is 0.826. The van der Waals surface area contributed by atoms with Crippen molar-refractivity contribution in [2.45, 2.75) is 25.3 Å². The molecule has 2 amide bonds. The maximum atomic E-state index is 13.0. The number of fused-ring (bicyclic) bond motifs is 1. The molecule has 0 radical (unpaired) electrons. The van der Waals surface area contributed by atoms with Gasteiger partial charge in [-0.2, -0.15) is 0 Å². The average molecular weight is 330 g/mol. The van der Waals surface area contributed by atoms with Gasteiger partial charge in [0.25, 0.3) is 0 Å². The van der Waals surface area contributed by atoms with E-state index in [2.05, 4.69) is 0 Å². The van der Waals surface area contributed by atoms with Gasteiger partial charge >= 0.3 is 0 Å². The topological polar surface area (TPSA) is 59.1 Å². The molecule has 3 aliphatic heterocycles. The summed E-state index contributed by atoms with van der Waals surface area (Å²) in [6.07, 6.45) is 2.21. The van der Waals surface area contributed by atoms with Crippen LogP contribution in [0.5, 0.6) is 11.5 Å². The molecule has 2 saturated heterocycles. The SMILES string of the molecule is CN1C[C@H](C(=O)N2CCC[C@@H]2c2cccc3c2OCCO3)CC1=O. The molecule has 1 aromatic rings. The van der Waals surface area contributed by atoms with E-state index in [-0.39, 0.29) is 23.8 Å². The Bertz CT molecular complexity index is 675. The molecule has 128 valence electrons. The second-order valence-electron chi connectivity index (χ2n) is 6.74. The zero-order valence-electron chi connectivity index (χ0n) is 13.9. The van der Waals surface area contributed by atoms with Crippen molar-refractivity contribution in [1.82, 2.24) is 9.80 Å². The number of carbonyl (C=O) groups excluding carboxylic acids is 2. The lowest BCUT2D eigenvalue weighted by atomic mass is 10.0. The van der Waals surface area contributed by atoms with E-state index in [0.717, 1.165) is 36.4 Å². The zero-order chi connectivity index (χ0) is 16.7. The smallest absolute Gasteiger partial charge is 0.228 e. The van der Waals surface area contributed by atoms with Crippen molar-refractivity contribution >= 4 is 11.8 Å². The van der Waals surface area contributed by atoms with Crippen molar-refractivity contribution in [2.75, 3.05) is 33.4 Å². The summed E-state index contributed by atoms with van der Waals surface area (Å²) in [5, 5.41) is 0. The summed E-state index contributed by atoms with van der Waals surface area (Å²) < 4.78 is 11.5. The van der Waals surface area contributed by atoms with Crippen LogP contribution in [0.2, 0.25) is 0 Å². The largest absolute Gasteiger partial charge is 0.486 e. The number of ether oxygens (including phenoxy) is 2. The third-order valence-corrected chi connectivity index (χ3v) is 5.18. The highest BCUT2D eigenvalue weighted by Crippen LogP contribution is 2.43. The van der Waals surface area contributed by atoms with Gasteiger partial charge in [0, 0.05) is 32.1 Å². The Kier molecular flexibility index (Phi) is 3.82. The molecule has 1 aromatic carbocycles. The Morgan fingerprint density at radius 3 is 2.88 bits per heavy atom. The second-order valence-corrected chi connectivity index (χ2v) is 6.74. The van der Waals surface area contributed by atoms with Crippen molar-refractivity contribution in [2.24, 2.45) is 5.92 Å². The predicted octanol–water partition coefficient (Wildman–Crippen LogP) is 1.60. The van der Waals surface area contributed by atoms with Crippen LogP contribution in [0.3, 0.4) is 0 Å². The molecule has 24 heavy (non-hydrogen) atoms. The van der Waals surface area contributed by atoms with E-state index in [0.29, 0.717) is 26.2 Å². The summed E-state index contributed by atoms with van der Waals surface area (Å²) in [6, 6.07) is 5.89. The molecule has 4 rings (SSSR count). The highest BCUT2D eigenvalue weighted by Gasteiger charge is 2.40. The summed E-state index contributed by atoms with van der Waals surface area (Å²) in [6.45, 7) is 2.35. The molecule has 6 heteroatoms. The first-order chi connectivity index (χ1) is 11.6. The van der Waals surface area contributed by atoms with E-state index in [1.54, 1.807) is 11.9 Å². The van der Waals surface area contributed by atoms with E-state index in [4.69, 9.17) is 9.47 Å². The third kappa shape index (κ3) is 2.50. The van der Waals surface area contributed by atoms with Crippen LogP contribution in [0.25, 0.3) is 0 Å². The van der Waals surface area contributed by atoms with Crippen LogP contribution in [0.4, 0.5) is 0 Å². The first-order valence-electron chi connectivity index (χ1n) is 8.58. The Hall–Kier alpha value is -2.24. The van der Waals surface area contributed by atoms with Crippen molar-refractivity contribution in [3.8, 4) is 11.5 Å². The maximum absolute atomic E-state index is 13.0. The molecule has 0 bridgehead atoms. The van der Waals surface area contributed by atoms with Crippen molar-refractivity contribution in [1.29, 1.82) is 0 Å². The van der Waals surface area contributed by atoms with Gasteiger partial charge in [-0.05, 0) is 18.9 Å². The van der Waals surface area contributed by atoms with Crippen LogP contribution in [-0.2, 0) is 9.59 Å².